The van der Waals surface area contributed by atoms with Crippen LogP contribution in [0.5, 0.6) is 0 Å². The molecular weight excluding hydrogens is 144 g/mol. The van der Waals surface area contributed by atoms with Crippen LogP contribution < -0.4 is 0 Å². The Hall–Kier alpha value is -1.04. The molecule has 1 fully saturated rings. The molecule has 0 spiro atoms. The lowest BCUT2D eigenvalue weighted by atomic mass is 9.82. The first-order valence-corrected chi connectivity index (χ1v) is 4.22. The van der Waals surface area contributed by atoms with Crippen LogP contribution in [0.4, 0.5) is 0 Å². The zero-order valence-electron chi connectivity index (χ0n) is 8.04. The lowest BCUT2D eigenvalue weighted by molar-refractivity contribution is 0.959. The zero-order valence-corrected chi connectivity index (χ0v) is 8.04. The van der Waals surface area contributed by atoms with E-state index in [4.69, 9.17) is 0 Å². The molecule has 0 amide bonds. The summed E-state index contributed by atoms with van der Waals surface area (Å²) in [5, 5.41) is 0. The van der Waals surface area contributed by atoms with Crippen LogP contribution in [0.2, 0.25) is 0 Å². The van der Waals surface area contributed by atoms with Crippen LogP contribution in [0.25, 0.3) is 0 Å². The van der Waals surface area contributed by atoms with Crippen LogP contribution in [0.1, 0.15) is 26.7 Å². The van der Waals surface area contributed by atoms with Crippen molar-refractivity contribution in [1.29, 1.82) is 0 Å². The van der Waals surface area contributed by atoms with Gasteiger partial charge in [-0.05, 0) is 43.4 Å². The quantitative estimate of drug-likeness (QED) is 0.473. The molecule has 0 saturated heterocycles. The van der Waals surface area contributed by atoms with E-state index in [2.05, 4.69) is 33.6 Å². The van der Waals surface area contributed by atoms with Crippen molar-refractivity contribution in [3.8, 4) is 0 Å². The maximum atomic E-state index is 4.04. The Labute approximate surface area is 75.0 Å². The Morgan fingerprint density at radius 3 is 1.75 bits per heavy atom. The molecule has 0 aromatic heterocycles. The van der Waals surface area contributed by atoms with Crippen molar-refractivity contribution in [1.82, 2.24) is 0 Å². The molecule has 1 aliphatic carbocycles. The molecule has 1 saturated carbocycles. The van der Waals surface area contributed by atoms with Gasteiger partial charge in [-0.15, -0.1) is 0 Å². The summed E-state index contributed by atoms with van der Waals surface area (Å²) in [6.45, 7) is 16.3. The molecule has 0 N–H and O–H groups in total. The largest absolute Gasteiger partial charge is 0.0992 e. The van der Waals surface area contributed by atoms with Gasteiger partial charge in [0.25, 0.3) is 0 Å². The minimum atomic E-state index is 0.944. The van der Waals surface area contributed by atoms with Crippen molar-refractivity contribution in [2.24, 2.45) is 0 Å². The Balaban J connectivity index is 3.05. The van der Waals surface area contributed by atoms with Crippen LogP contribution in [-0.2, 0) is 0 Å². The maximum absolute atomic E-state index is 4.04. The molecule has 0 atom stereocenters. The summed E-state index contributed by atoms with van der Waals surface area (Å²) in [6, 6.07) is 0. The average Bonchev–Trinajstić information content (AvgIpc) is 1.82. The van der Waals surface area contributed by atoms with Gasteiger partial charge in [0.05, 0.1) is 0 Å². The fourth-order valence-electron chi connectivity index (χ4n) is 1.80. The molecule has 0 heteroatoms. The average molecular weight is 160 g/mol. The second kappa shape index (κ2) is 3.14. The van der Waals surface area contributed by atoms with Crippen LogP contribution in [0, 0.1) is 0 Å². The van der Waals surface area contributed by atoms with Crippen molar-refractivity contribution in [2.75, 3.05) is 0 Å². The minimum Gasteiger partial charge on any atom is -0.0992 e. The van der Waals surface area contributed by atoms with Gasteiger partial charge in [0.2, 0.25) is 0 Å². The summed E-state index contributed by atoms with van der Waals surface area (Å²) >= 11 is 0. The third kappa shape index (κ3) is 1.58. The van der Waals surface area contributed by atoms with E-state index in [-0.39, 0.29) is 0 Å². The first-order valence-electron chi connectivity index (χ1n) is 4.22. The van der Waals surface area contributed by atoms with Crippen molar-refractivity contribution < 1.29 is 0 Å². The first kappa shape index (κ1) is 9.05. The third-order valence-electron chi connectivity index (χ3n) is 2.13. The van der Waals surface area contributed by atoms with Gasteiger partial charge in [-0.3, -0.25) is 0 Å². The summed E-state index contributed by atoms with van der Waals surface area (Å²) in [5.41, 5.74) is 6.18. The molecule has 64 valence electrons. The minimum absolute atomic E-state index is 0.944. The van der Waals surface area contributed by atoms with Crippen molar-refractivity contribution in [3.05, 3.63) is 47.6 Å². The summed E-state index contributed by atoms with van der Waals surface area (Å²) in [7, 11) is 0. The molecule has 0 bridgehead atoms. The normalized spacial score (nSPS) is 18.5. The van der Waals surface area contributed by atoms with E-state index >= 15 is 0 Å². The highest BCUT2D eigenvalue weighted by Gasteiger charge is 2.16. The Bertz CT molecular complexity index is 261. The second-order valence-corrected chi connectivity index (χ2v) is 3.69. The van der Waals surface area contributed by atoms with E-state index in [1.807, 2.05) is 0 Å². The van der Waals surface area contributed by atoms with Crippen molar-refractivity contribution in [3.63, 3.8) is 0 Å². The molecule has 0 heterocycles. The Kier molecular flexibility index (Phi) is 2.37. The molecule has 0 radical (unpaired) electrons. The molecule has 0 unspecified atom stereocenters. The van der Waals surface area contributed by atoms with E-state index in [0.29, 0.717) is 0 Å². The van der Waals surface area contributed by atoms with Crippen molar-refractivity contribution in [2.45, 2.75) is 26.7 Å². The van der Waals surface area contributed by atoms with Gasteiger partial charge in [-0.25, -0.2) is 0 Å². The van der Waals surface area contributed by atoms with E-state index in [1.54, 1.807) is 0 Å². The Morgan fingerprint density at radius 2 is 1.42 bits per heavy atom. The zero-order chi connectivity index (χ0) is 9.30. The van der Waals surface area contributed by atoms with Gasteiger partial charge >= 0.3 is 0 Å². The van der Waals surface area contributed by atoms with Gasteiger partial charge < -0.3 is 0 Å². The number of hydrogen-bond donors (Lipinski definition) is 0. The summed E-state index contributed by atoms with van der Waals surface area (Å²) in [5.74, 6) is 0. The van der Waals surface area contributed by atoms with E-state index in [0.717, 1.165) is 12.8 Å². The standard InChI is InChI=1S/C12H16/c1-8(2)12-10(4)6-9(3)7-11(12)5/h3-7H2,1-2H3. The fraction of sp³-hybridized carbons (Fsp3) is 0.333. The topological polar surface area (TPSA) is 0 Å². The smallest absolute Gasteiger partial charge is 0.00663 e. The van der Waals surface area contributed by atoms with Crippen LogP contribution in [0.15, 0.2) is 47.6 Å². The van der Waals surface area contributed by atoms with E-state index in [9.17, 15) is 0 Å². The lowest BCUT2D eigenvalue weighted by Crippen LogP contribution is -2.04. The molecule has 0 aromatic carbocycles. The molecule has 12 heavy (non-hydrogen) atoms. The van der Waals surface area contributed by atoms with Gasteiger partial charge in [-0.1, -0.05) is 30.9 Å². The Morgan fingerprint density at radius 1 is 1.00 bits per heavy atom. The predicted molar refractivity (Wildman–Crippen MR) is 55.0 cm³/mol. The molecule has 1 aliphatic rings. The highest BCUT2D eigenvalue weighted by atomic mass is 14.2. The van der Waals surface area contributed by atoms with E-state index < -0.39 is 0 Å². The monoisotopic (exact) mass is 160 g/mol. The first-order chi connectivity index (χ1) is 5.52. The van der Waals surface area contributed by atoms with Crippen LogP contribution >= 0.6 is 0 Å². The number of hydrogen-bond acceptors (Lipinski definition) is 0. The van der Waals surface area contributed by atoms with Crippen LogP contribution in [-0.4, -0.2) is 0 Å². The summed E-state index contributed by atoms with van der Waals surface area (Å²) < 4.78 is 0. The predicted octanol–water partition coefficient (Wildman–Crippen LogP) is 3.79. The van der Waals surface area contributed by atoms with Gasteiger partial charge in [0, 0.05) is 0 Å². The number of rotatable bonds is 0. The van der Waals surface area contributed by atoms with Gasteiger partial charge in [-0.2, -0.15) is 0 Å². The second-order valence-electron chi connectivity index (χ2n) is 3.69. The van der Waals surface area contributed by atoms with Gasteiger partial charge in [0.15, 0.2) is 0 Å². The summed E-state index contributed by atoms with van der Waals surface area (Å²) in [4.78, 5) is 0. The maximum Gasteiger partial charge on any atom is -0.00663 e. The van der Waals surface area contributed by atoms with Crippen molar-refractivity contribution >= 4 is 0 Å². The highest BCUT2D eigenvalue weighted by molar-refractivity contribution is 5.52. The SMILES string of the molecule is C=C1CC(=C)C(=C(C)C)C(=C)C1. The molecular formula is C12H16. The van der Waals surface area contributed by atoms with Gasteiger partial charge in [0.1, 0.15) is 0 Å². The highest BCUT2D eigenvalue weighted by Crippen LogP contribution is 2.35. The molecule has 0 nitrogen and oxygen atoms in total. The van der Waals surface area contributed by atoms with E-state index in [1.165, 1.54) is 27.9 Å². The van der Waals surface area contributed by atoms with Crippen LogP contribution in [0.3, 0.4) is 0 Å². The summed E-state index contributed by atoms with van der Waals surface area (Å²) in [6.07, 6.45) is 1.89. The molecule has 0 aromatic rings. The number of allylic oxidation sites excluding steroid dienone is 5. The fourth-order valence-corrected chi connectivity index (χ4v) is 1.80. The lowest BCUT2D eigenvalue weighted by Gasteiger charge is -2.23. The molecule has 1 rings (SSSR count). The third-order valence-corrected chi connectivity index (χ3v) is 2.13. The molecule has 0 aliphatic heterocycles.